The molecule has 33 heavy (non-hydrogen) atoms. The molecule has 1 aromatic heterocycles. The highest BCUT2D eigenvalue weighted by Gasteiger charge is 2.23. The van der Waals surface area contributed by atoms with Crippen molar-refractivity contribution in [3.8, 4) is 5.75 Å². The number of methoxy groups -OCH3 is 1. The summed E-state index contributed by atoms with van der Waals surface area (Å²) < 4.78 is 16.4. The Bertz CT molecular complexity index is 927. The molecule has 180 valence electrons. The van der Waals surface area contributed by atoms with Gasteiger partial charge in [0.15, 0.2) is 6.10 Å². The van der Waals surface area contributed by atoms with Gasteiger partial charge in [0.2, 0.25) is 0 Å². The number of amides is 1. The van der Waals surface area contributed by atoms with Crippen molar-refractivity contribution in [3.63, 3.8) is 0 Å². The van der Waals surface area contributed by atoms with E-state index in [1.54, 1.807) is 20.1 Å². The lowest BCUT2D eigenvalue weighted by Crippen LogP contribution is -2.31. The summed E-state index contributed by atoms with van der Waals surface area (Å²) in [5.74, 6) is 0.0643. The fraction of sp³-hybridized carbons (Fsp3) is 0.423. The van der Waals surface area contributed by atoms with Crippen LogP contribution in [0.1, 0.15) is 53.6 Å². The van der Waals surface area contributed by atoms with Crippen molar-refractivity contribution in [2.45, 2.75) is 59.8 Å². The highest BCUT2D eigenvalue weighted by Crippen LogP contribution is 2.22. The van der Waals surface area contributed by atoms with E-state index in [0.29, 0.717) is 30.0 Å². The number of aromatic nitrogens is 1. The van der Waals surface area contributed by atoms with Gasteiger partial charge in [-0.2, -0.15) is 0 Å². The first kappa shape index (κ1) is 27.8. The molecule has 1 unspecified atom stereocenters. The molecule has 0 spiro atoms. The number of aryl methyl sites for hydroxylation is 2. The predicted octanol–water partition coefficient (Wildman–Crippen LogP) is 4.34. The van der Waals surface area contributed by atoms with E-state index in [1.165, 1.54) is 0 Å². The summed E-state index contributed by atoms with van der Waals surface area (Å²) in [6.07, 6.45) is -0.446. The Morgan fingerprint density at radius 2 is 1.82 bits per heavy atom. The van der Waals surface area contributed by atoms with Gasteiger partial charge in [-0.15, -0.1) is 13.2 Å². The number of carbonyl (C=O) groups is 2. The van der Waals surface area contributed by atoms with E-state index < -0.39 is 6.10 Å². The lowest BCUT2D eigenvalue weighted by molar-refractivity contribution is -0.159. The smallest absolute Gasteiger partial charge is 0.335 e. The Labute approximate surface area is 197 Å². The summed E-state index contributed by atoms with van der Waals surface area (Å²) in [4.78, 5) is 29.2. The van der Waals surface area contributed by atoms with Gasteiger partial charge in [-0.3, -0.25) is 9.78 Å². The van der Waals surface area contributed by atoms with Crippen LogP contribution in [0.15, 0.2) is 43.5 Å². The Balaban J connectivity index is 0.00000265. The summed E-state index contributed by atoms with van der Waals surface area (Å²) in [5.41, 5.74) is 3.77. The maximum Gasteiger partial charge on any atom is 0.335 e. The Hall–Kier alpha value is -3.19. The number of hydrogen-bond donors (Lipinski definition) is 1. The van der Waals surface area contributed by atoms with Gasteiger partial charge in [-0.25, -0.2) is 4.79 Å². The third-order valence-corrected chi connectivity index (χ3v) is 4.66. The average molecular weight is 457 g/mol. The Kier molecular flexibility index (Phi) is 11.9. The summed E-state index contributed by atoms with van der Waals surface area (Å²) in [7, 11) is 1.58. The first-order valence-corrected chi connectivity index (χ1v) is 11.0. The minimum atomic E-state index is -0.697. The summed E-state index contributed by atoms with van der Waals surface area (Å²) in [6.45, 7) is 15.8. The normalized spacial score (nSPS) is 11.2. The molecule has 7 heteroatoms. The topological polar surface area (TPSA) is 86.8 Å². The first-order chi connectivity index (χ1) is 15.7. The zero-order chi connectivity index (χ0) is 25.0. The van der Waals surface area contributed by atoms with Crippen LogP contribution >= 0.6 is 0 Å². The number of carbonyl (C=O) groups excluding carboxylic acids is 2. The molecule has 0 fully saturated rings. The molecule has 0 saturated heterocycles. The fourth-order valence-electron chi connectivity index (χ4n) is 3.26. The number of rotatable bonds is 10. The Morgan fingerprint density at radius 3 is 2.39 bits per heavy atom. The highest BCUT2D eigenvalue weighted by molar-refractivity contribution is 5.95. The van der Waals surface area contributed by atoms with Crippen LogP contribution in [0.2, 0.25) is 0 Å². The molecule has 2 rings (SSSR count). The van der Waals surface area contributed by atoms with Crippen LogP contribution in [-0.2, 0) is 27.2 Å². The van der Waals surface area contributed by atoms with Crippen molar-refractivity contribution in [3.05, 3.63) is 71.6 Å². The van der Waals surface area contributed by atoms with Crippen LogP contribution in [0.5, 0.6) is 5.75 Å². The van der Waals surface area contributed by atoms with Crippen molar-refractivity contribution >= 4 is 11.9 Å². The van der Waals surface area contributed by atoms with Crippen LogP contribution in [0.25, 0.3) is 0 Å². The lowest BCUT2D eigenvalue weighted by Gasteiger charge is -2.20. The molecule has 1 N–H and O–H groups in total. The second-order valence-corrected chi connectivity index (χ2v) is 7.54. The van der Waals surface area contributed by atoms with E-state index in [9.17, 15) is 9.59 Å². The maximum absolute atomic E-state index is 12.6. The van der Waals surface area contributed by atoms with Crippen molar-refractivity contribution in [1.82, 2.24) is 10.3 Å². The van der Waals surface area contributed by atoms with E-state index in [2.05, 4.69) is 23.5 Å². The van der Waals surface area contributed by atoms with Crippen LogP contribution in [0.4, 0.5) is 0 Å². The molecule has 2 aromatic rings. The molecule has 1 aromatic carbocycles. The predicted molar refractivity (Wildman–Crippen MR) is 129 cm³/mol. The monoisotopic (exact) mass is 456 g/mol. The molecule has 1 amide bonds. The largest absolute Gasteiger partial charge is 0.496 e. The maximum atomic E-state index is 12.6. The number of nitrogens with one attached hydrogen (secondary N) is 1. The summed E-state index contributed by atoms with van der Waals surface area (Å²) >= 11 is 0. The number of benzene rings is 1. The molecule has 0 aliphatic heterocycles. The number of nitrogens with zero attached hydrogens (tertiary/aromatic N) is 1. The van der Waals surface area contributed by atoms with E-state index in [1.807, 2.05) is 52.0 Å². The van der Waals surface area contributed by atoms with Crippen LogP contribution in [0.3, 0.4) is 0 Å². The van der Waals surface area contributed by atoms with Gasteiger partial charge < -0.3 is 19.5 Å². The van der Waals surface area contributed by atoms with Crippen molar-refractivity contribution < 1.29 is 23.8 Å². The molecule has 0 saturated carbocycles. The lowest BCUT2D eigenvalue weighted by atomic mass is 10.0. The van der Waals surface area contributed by atoms with E-state index in [-0.39, 0.29) is 24.5 Å². The molecule has 0 aliphatic carbocycles. The number of esters is 1. The zero-order valence-electron chi connectivity index (χ0n) is 20.6. The molecular weight excluding hydrogens is 420 g/mol. The van der Waals surface area contributed by atoms with Crippen LogP contribution in [-0.4, -0.2) is 42.8 Å². The number of pyridine rings is 1. The second-order valence-electron chi connectivity index (χ2n) is 7.54. The van der Waals surface area contributed by atoms with Crippen LogP contribution in [0, 0.1) is 13.8 Å². The quantitative estimate of drug-likeness (QED) is 0.423. The van der Waals surface area contributed by atoms with Gasteiger partial charge in [-0.05, 0) is 58.4 Å². The van der Waals surface area contributed by atoms with Gasteiger partial charge in [0.05, 0.1) is 31.1 Å². The number of ether oxygens (including phenoxy) is 3. The zero-order valence-corrected chi connectivity index (χ0v) is 20.6. The molecular formula is C26H36N2O5. The molecule has 0 bridgehead atoms. The molecule has 1 atom stereocenters. The minimum absolute atomic E-state index is 0.113. The van der Waals surface area contributed by atoms with Gasteiger partial charge >= 0.3 is 5.97 Å². The van der Waals surface area contributed by atoms with Gasteiger partial charge in [-0.1, -0.05) is 12.1 Å². The molecule has 1 heterocycles. The second kappa shape index (κ2) is 14.1. The highest BCUT2D eigenvalue weighted by atomic mass is 16.6. The van der Waals surface area contributed by atoms with E-state index in [4.69, 9.17) is 14.2 Å². The third-order valence-electron chi connectivity index (χ3n) is 4.66. The molecule has 7 nitrogen and oxygen atoms in total. The van der Waals surface area contributed by atoms with Crippen molar-refractivity contribution in [1.29, 1.82) is 0 Å². The van der Waals surface area contributed by atoms with E-state index in [0.717, 1.165) is 16.8 Å². The Morgan fingerprint density at radius 1 is 1.12 bits per heavy atom. The van der Waals surface area contributed by atoms with E-state index >= 15 is 0 Å². The van der Waals surface area contributed by atoms with Crippen LogP contribution < -0.4 is 10.1 Å². The van der Waals surface area contributed by atoms with Crippen molar-refractivity contribution in [2.75, 3.05) is 13.7 Å². The SMILES string of the molecule is C=C.CCOC(=O)C(Cc1ccc(OC)c(CNC(=O)c2ccc(C)nc2C)c1)OC(C)C. The average Bonchev–Trinajstić information content (AvgIpc) is 2.78. The molecule has 0 radical (unpaired) electrons. The van der Waals surface area contributed by atoms with Crippen molar-refractivity contribution in [2.24, 2.45) is 0 Å². The third kappa shape index (κ3) is 8.69. The van der Waals surface area contributed by atoms with Gasteiger partial charge in [0, 0.05) is 24.2 Å². The standard InChI is InChI=1S/C24H32N2O5.C2H4/c1-7-30-24(28)22(31-15(2)3)13-18-9-11-21(29-6)19(12-18)14-25-23(27)20-10-8-16(4)26-17(20)5;1-2/h8-12,15,22H,7,13-14H2,1-6H3,(H,25,27);1-2H2. The summed E-state index contributed by atoms with van der Waals surface area (Å²) in [6, 6.07) is 9.21. The number of hydrogen-bond acceptors (Lipinski definition) is 6. The van der Waals surface area contributed by atoms with Gasteiger partial charge in [0.1, 0.15) is 5.75 Å². The fourth-order valence-corrected chi connectivity index (χ4v) is 3.26. The molecule has 0 aliphatic rings. The first-order valence-electron chi connectivity index (χ1n) is 11.0. The minimum Gasteiger partial charge on any atom is -0.496 e. The summed E-state index contributed by atoms with van der Waals surface area (Å²) in [5, 5.41) is 2.92. The van der Waals surface area contributed by atoms with Gasteiger partial charge in [0.25, 0.3) is 5.91 Å².